The average Bonchev–Trinajstić information content (AvgIpc) is 1.86. The predicted molar refractivity (Wildman–Crippen MR) is 63.5 cm³/mol. The lowest BCUT2D eigenvalue weighted by molar-refractivity contribution is 0.494. The highest BCUT2D eigenvalue weighted by Gasteiger charge is 2.37. The zero-order valence-corrected chi connectivity index (χ0v) is 10.9. The standard InChI is InChI=1S/C11H26S/c1-9(2)11(5,6)12(7,8)10(3)4/h9-10H,1-8H3. The van der Waals surface area contributed by atoms with Crippen LogP contribution >= 0.6 is 10.0 Å². The number of hydrogen-bond donors (Lipinski definition) is 0. The van der Waals surface area contributed by atoms with Crippen LogP contribution in [0.5, 0.6) is 0 Å². The van der Waals surface area contributed by atoms with Crippen LogP contribution in [-0.2, 0) is 0 Å². The Morgan fingerprint density at radius 3 is 1.33 bits per heavy atom. The van der Waals surface area contributed by atoms with E-state index < -0.39 is 10.0 Å². The maximum atomic E-state index is 2.47. The fourth-order valence-corrected chi connectivity index (χ4v) is 3.64. The summed E-state index contributed by atoms with van der Waals surface area (Å²) in [5.41, 5.74) is 0. The van der Waals surface area contributed by atoms with Crippen LogP contribution in [0.4, 0.5) is 0 Å². The molecule has 0 unspecified atom stereocenters. The molecule has 0 aliphatic heterocycles. The molecule has 0 rings (SSSR count). The van der Waals surface area contributed by atoms with Crippen LogP contribution in [0, 0.1) is 5.92 Å². The molecular weight excluding hydrogens is 164 g/mol. The van der Waals surface area contributed by atoms with E-state index in [1.165, 1.54) is 0 Å². The fourth-order valence-electron chi connectivity index (χ4n) is 1.21. The minimum Gasteiger partial charge on any atom is -0.239 e. The van der Waals surface area contributed by atoms with Gasteiger partial charge in [0.15, 0.2) is 0 Å². The van der Waals surface area contributed by atoms with Crippen molar-refractivity contribution < 1.29 is 0 Å². The molecule has 0 saturated carbocycles. The summed E-state index contributed by atoms with van der Waals surface area (Å²) in [6.07, 6.45) is 4.94. The normalized spacial score (nSPS) is 15.8. The highest BCUT2D eigenvalue weighted by atomic mass is 32.3. The summed E-state index contributed by atoms with van der Waals surface area (Å²) in [5, 5.41) is 0.829. The summed E-state index contributed by atoms with van der Waals surface area (Å²) >= 11 is 0. The Kier molecular flexibility index (Phi) is 3.72. The zero-order chi connectivity index (χ0) is 10.2. The molecule has 0 aromatic rings. The fraction of sp³-hybridized carbons (Fsp3) is 1.00. The van der Waals surface area contributed by atoms with Gasteiger partial charge in [-0.15, -0.1) is 0 Å². The molecule has 0 aliphatic rings. The highest BCUT2D eigenvalue weighted by molar-refractivity contribution is 8.34. The maximum absolute atomic E-state index is 2.47. The van der Waals surface area contributed by atoms with E-state index >= 15 is 0 Å². The quantitative estimate of drug-likeness (QED) is 0.633. The van der Waals surface area contributed by atoms with E-state index in [9.17, 15) is 0 Å². The molecule has 0 saturated heterocycles. The van der Waals surface area contributed by atoms with E-state index in [1.807, 2.05) is 0 Å². The topological polar surface area (TPSA) is 0 Å². The number of rotatable bonds is 3. The van der Waals surface area contributed by atoms with Crippen molar-refractivity contribution in [3.63, 3.8) is 0 Å². The molecule has 0 spiro atoms. The van der Waals surface area contributed by atoms with Gasteiger partial charge in [-0.1, -0.05) is 41.5 Å². The molecule has 0 heterocycles. The summed E-state index contributed by atoms with van der Waals surface area (Å²) in [6.45, 7) is 14.3. The molecule has 12 heavy (non-hydrogen) atoms. The van der Waals surface area contributed by atoms with Gasteiger partial charge in [-0.25, -0.2) is 10.0 Å². The van der Waals surface area contributed by atoms with Crippen LogP contribution < -0.4 is 0 Å². The van der Waals surface area contributed by atoms with Crippen molar-refractivity contribution in [3.8, 4) is 0 Å². The first-order valence-corrected chi connectivity index (χ1v) is 7.37. The molecular formula is C11H26S. The lowest BCUT2D eigenvalue weighted by Crippen LogP contribution is -2.37. The second-order valence-electron chi connectivity index (χ2n) is 5.21. The number of hydrogen-bond acceptors (Lipinski definition) is 0. The van der Waals surface area contributed by atoms with Gasteiger partial charge in [-0.05, 0) is 28.4 Å². The Labute approximate surface area is 80.4 Å². The van der Waals surface area contributed by atoms with Gasteiger partial charge in [0.1, 0.15) is 0 Å². The van der Waals surface area contributed by atoms with Gasteiger partial charge in [0.05, 0.1) is 0 Å². The third kappa shape index (κ3) is 1.99. The Morgan fingerprint density at radius 2 is 1.25 bits per heavy atom. The van der Waals surface area contributed by atoms with Crippen molar-refractivity contribution >= 4 is 10.0 Å². The van der Waals surface area contributed by atoms with Crippen LogP contribution in [0.1, 0.15) is 41.5 Å². The third-order valence-electron chi connectivity index (χ3n) is 3.92. The Bertz CT molecular complexity index is 125. The van der Waals surface area contributed by atoms with Gasteiger partial charge in [0, 0.05) is 0 Å². The van der Waals surface area contributed by atoms with Gasteiger partial charge in [-0.2, -0.15) is 0 Å². The minimum atomic E-state index is -0.476. The molecule has 0 aliphatic carbocycles. The van der Waals surface area contributed by atoms with Crippen molar-refractivity contribution in [2.45, 2.75) is 51.5 Å². The summed E-state index contributed by atoms with van der Waals surface area (Å²) < 4.78 is 0.501. The van der Waals surface area contributed by atoms with Crippen LogP contribution in [0.25, 0.3) is 0 Å². The molecule has 0 atom stereocenters. The molecule has 1 heteroatoms. The van der Waals surface area contributed by atoms with E-state index in [-0.39, 0.29) is 0 Å². The summed E-state index contributed by atoms with van der Waals surface area (Å²) in [7, 11) is -0.476. The summed E-state index contributed by atoms with van der Waals surface area (Å²) in [5.74, 6) is 0.782. The van der Waals surface area contributed by atoms with Gasteiger partial charge in [-0.3, -0.25) is 0 Å². The second-order valence-corrected chi connectivity index (χ2v) is 10.0. The van der Waals surface area contributed by atoms with Crippen molar-refractivity contribution in [3.05, 3.63) is 0 Å². The van der Waals surface area contributed by atoms with E-state index in [2.05, 4.69) is 54.1 Å². The van der Waals surface area contributed by atoms with Gasteiger partial charge in [0.2, 0.25) is 0 Å². The molecule has 0 N–H and O–H groups in total. The first kappa shape index (κ1) is 12.3. The Hall–Kier alpha value is 0.350. The van der Waals surface area contributed by atoms with E-state index in [0.717, 1.165) is 11.2 Å². The Morgan fingerprint density at radius 1 is 0.917 bits per heavy atom. The second kappa shape index (κ2) is 3.61. The smallest absolute Gasteiger partial charge is 0.00338 e. The van der Waals surface area contributed by atoms with Gasteiger partial charge in [0.25, 0.3) is 0 Å². The average molecular weight is 190 g/mol. The molecule has 0 radical (unpaired) electrons. The largest absolute Gasteiger partial charge is 0.239 e. The van der Waals surface area contributed by atoms with Crippen molar-refractivity contribution in [2.75, 3.05) is 12.5 Å². The molecule has 0 bridgehead atoms. The molecule has 0 fully saturated rings. The first-order valence-electron chi connectivity index (χ1n) is 4.85. The SMILES string of the molecule is CC(C)C(C)(C)S(C)(C)C(C)C. The monoisotopic (exact) mass is 190 g/mol. The molecule has 0 aromatic carbocycles. The van der Waals surface area contributed by atoms with Crippen molar-refractivity contribution in [1.29, 1.82) is 0 Å². The van der Waals surface area contributed by atoms with E-state index in [1.54, 1.807) is 0 Å². The van der Waals surface area contributed by atoms with Crippen LogP contribution in [0.2, 0.25) is 0 Å². The van der Waals surface area contributed by atoms with Gasteiger partial charge < -0.3 is 0 Å². The maximum Gasteiger partial charge on any atom is -0.00338 e. The molecule has 0 nitrogen and oxygen atoms in total. The van der Waals surface area contributed by atoms with Gasteiger partial charge >= 0.3 is 0 Å². The zero-order valence-electron chi connectivity index (χ0n) is 10.1. The van der Waals surface area contributed by atoms with Crippen molar-refractivity contribution in [1.82, 2.24) is 0 Å². The van der Waals surface area contributed by atoms with Crippen LogP contribution in [0.3, 0.4) is 0 Å². The third-order valence-corrected chi connectivity index (χ3v) is 9.47. The van der Waals surface area contributed by atoms with E-state index in [4.69, 9.17) is 0 Å². The van der Waals surface area contributed by atoms with Crippen LogP contribution in [-0.4, -0.2) is 22.5 Å². The summed E-state index contributed by atoms with van der Waals surface area (Å²) in [4.78, 5) is 0. The Balaban J connectivity index is 4.75. The lowest BCUT2D eigenvalue weighted by Gasteiger charge is -2.52. The minimum absolute atomic E-state index is 0.476. The molecule has 0 amide bonds. The van der Waals surface area contributed by atoms with Crippen LogP contribution in [0.15, 0.2) is 0 Å². The molecule has 0 aromatic heterocycles. The molecule has 76 valence electrons. The lowest BCUT2D eigenvalue weighted by atomic mass is 10.00. The first-order chi connectivity index (χ1) is 5.14. The van der Waals surface area contributed by atoms with Crippen molar-refractivity contribution in [2.24, 2.45) is 5.92 Å². The predicted octanol–water partition coefficient (Wildman–Crippen LogP) is 3.89. The summed E-state index contributed by atoms with van der Waals surface area (Å²) in [6, 6.07) is 0. The van der Waals surface area contributed by atoms with E-state index in [0.29, 0.717) is 4.75 Å². The highest BCUT2D eigenvalue weighted by Crippen LogP contribution is 2.59.